The number of pyridine rings is 1. The summed E-state index contributed by atoms with van der Waals surface area (Å²) >= 11 is 0. The second-order valence-electron chi connectivity index (χ2n) is 10.3. The monoisotopic (exact) mass is 511 g/mol. The standard InChI is InChI=1S/C38H25NO/c1-3-12-25(13-4-1)27-16-11-17-28(22-27)32-23-33(38-37(32)30-19-8-10-21-36(30)40-38)35-24-31(26-14-5-2-6-15-26)29-18-7-9-20-34(29)39-35/h1-24,33H. The van der Waals surface area contributed by atoms with E-state index in [9.17, 15) is 0 Å². The summed E-state index contributed by atoms with van der Waals surface area (Å²) in [6, 6.07) is 49.0. The first-order valence-electron chi connectivity index (χ1n) is 13.7. The van der Waals surface area contributed by atoms with Crippen LogP contribution in [0.3, 0.4) is 0 Å². The van der Waals surface area contributed by atoms with Crippen LogP contribution in [0.1, 0.15) is 28.5 Å². The van der Waals surface area contributed by atoms with Gasteiger partial charge in [0, 0.05) is 16.3 Å². The number of aromatic nitrogens is 1. The third kappa shape index (κ3) is 3.69. The minimum Gasteiger partial charge on any atom is -0.459 e. The van der Waals surface area contributed by atoms with Crippen molar-refractivity contribution in [2.24, 2.45) is 0 Å². The molecule has 2 nitrogen and oxygen atoms in total. The minimum absolute atomic E-state index is 0.0927. The molecule has 0 spiro atoms. The van der Waals surface area contributed by atoms with E-state index in [1.807, 2.05) is 6.07 Å². The van der Waals surface area contributed by atoms with E-state index in [2.05, 4.69) is 140 Å². The number of fused-ring (bicyclic) bond motifs is 4. The van der Waals surface area contributed by atoms with E-state index in [0.29, 0.717) is 0 Å². The Morgan fingerprint density at radius 1 is 0.525 bits per heavy atom. The molecule has 1 aliphatic rings. The van der Waals surface area contributed by atoms with Crippen molar-refractivity contribution < 1.29 is 4.42 Å². The van der Waals surface area contributed by atoms with Gasteiger partial charge in [0.05, 0.1) is 17.1 Å². The van der Waals surface area contributed by atoms with E-state index in [4.69, 9.17) is 9.40 Å². The van der Waals surface area contributed by atoms with E-state index in [0.717, 1.165) is 33.3 Å². The molecule has 7 aromatic rings. The van der Waals surface area contributed by atoms with Crippen LogP contribution < -0.4 is 0 Å². The summed E-state index contributed by atoms with van der Waals surface area (Å²) in [5.74, 6) is 0.868. The molecule has 0 amide bonds. The lowest BCUT2D eigenvalue weighted by molar-refractivity contribution is 0.546. The van der Waals surface area contributed by atoms with Gasteiger partial charge in [-0.3, -0.25) is 4.98 Å². The molecule has 5 aromatic carbocycles. The third-order valence-electron chi connectivity index (χ3n) is 7.93. The zero-order valence-corrected chi connectivity index (χ0v) is 21.8. The fraction of sp³-hybridized carbons (Fsp3) is 0.0263. The molecule has 40 heavy (non-hydrogen) atoms. The SMILES string of the molecule is C1=C(c2cccc(-c3ccccc3)c2)c2c(oc3ccccc23)C1c1cc(-c2ccccc2)c2ccccc2n1. The Balaban J connectivity index is 1.35. The molecule has 0 fully saturated rings. The maximum atomic E-state index is 6.61. The Labute approximate surface area is 232 Å². The first-order valence-corrected chi connectivity index (χ1v) is 13.7. The smallest absolute Gasteiger partial charge is 0.134 e. The predicted molar refractivity (Wildman–Crippen MR) is 164 cm³/mol. The number of nitrogens with zero attached hydrogens (tertiary/aromatic N) is 1. The van der Waals surface area contributed by atoms with Gasteiger partial charge in [-0.25, -0.2) is 0 Å². The molecule has 8 rings (SSSR count). The molecule has 0 radical (unpaired) electrons. The Morgan fingerprint density at radius 3 is 2.00 bits per heavy atom. The van der Waals surface area contributed by atoms with E-state index < -0.39 is 0 Å². The van der Waals surface area contributed by atoms with Gasteiger partial charge in [-0.15, -0.1) is 0 Å². The van der Waals surface area contributed by atoms with Crippen LogP contribution in [-0.2, 0) is 0 Å². The van der Waals surface area contributed by atoms with Crippen LogP contribution in [0.2, 0.25) is 0 Å². The van der Waals surface area contributed by atoms with Gasteiger partial charge >= 0.3 is 0 Å². The number of para-hydroxylation sites is 2. The molecule has 2 heteroatoms. The highest BCUT2D eigenvalue weighted by Crippen LogP contribution is 2.48. The van der Waals surface area contributed by atoms with Crippen LogP contribution in [0.25, 0.3) is 49.7 Å². The molecule has 2 aromatic heterocycles. The van der Waals surface area contributed by atoms with Gasteiger partial charge in [0.15, 0.2) is 0 Å². The molecule has 1 aliphatic carbocycles. The van der Waals surface area contributed by atoms with E-state index >= 15 is 0 Å². The largest absolute Gasteiger partial charge is 0.459 e. The van der Waals surface area contributed by atoms with E-state index in [1.165, 1.54) is 39.0 Å². The number of rotatable bonds is 4. The van der Waals surface area contributed by atoms with E-state index in [-0.39, 0.29) is 5.92 Å². The molecule has 0 saturated carbocycles. The predicted octanol–water partition coefficient (Wildman–Crippen LogP) is 9.89. The molecular weight excluding hydrogens is 486 g/mol. The Kier molecular flexibility index (Phi) is 5.24. The van der Waals surface area contributed by atoms with Crippen LogP contribution in [0.5, 0.6) is 0 Å². The molecule has 0 N–H and O–H groups in total. The summed E-state index contributed by atoms with van der Waals surface area (Å²) in [6.45, 7) is 0. The van der Waals surface area contributed by atoms with Gasteiger partial charge < -0.3 is 4.42 Å². The first-order chi connectivity index (χ1) is 19.8. The van der Waals surface area contributed by atoms with Gasteiger partial charge in [0.25, 0.3) is 0 Å². The third-order valence-corrected chi connectivity index (χ3v) is 7.93. The van der Waals surface area contributed by atoms with Gasteiger partial charge in [-0.1, -0.05) is 121 Å². The second kappa shape index (κ2) is 9.21. The number of hydrogen-bond donors (Lipinski definition) is 0. The van der Waals surface area contributed by atoms with Crippen molar-refractivity contribution in [1.82, 2.24) is 4.98 Å². The van der Waals surface area contributed by atoms with Gasteiger partial charge in [-0.05, 0) is 57.7 Å². The lowest BCUT2D eigenvalue weighted by Gasteiger charge is -2.13. The molecule has 1 atom stereocenters. The maximum absolute atomic E-state index is 6.61. The van der Waals surface area contributed by atoms with Gasteiger partial charge in [0.2, 0.25) is 0 Å². The van der Waals surface area contributed by atoms with Crippen molar-refractivity contribution in [2.45, 2.75) is 5.92 Å². The molecule has 188 valence electrons. The molecule has 1 unspecified atom stereocenters. The molecule has 0 bridgehead atoms. The van der Waals surface area contributed by atoms with Crippen molar-refractivity contribution in [2.75, 3.05) is 0 Å². The lowest BCUT2D eigenvalue weighted by Crippen LogP contribution is -1.99. The summed E-state index contributed by atoms with van der Waals surface area (Å²) in [6.07, 6.45) is 2.34. The Hall–Kier alpha value is -5.21. The van der Waals surface area contributed by atoms with Crippen LogP contribution in [0.15, 0.2) is 150 Å². The zero-order chi connectivity index (χ0) is 26.5. The molecule has 2 heterocycles. The zero-order valence-electron chi connectivity index (χ0n) is 21.8. The summed E-state index contributed by atoms with van der Waals surface area (Å²) in [5, 5.41) is 2.29. The van der Waals surface area contributed by atoms with Gasteiger partial charge in [-0.2, -0.15) is 0 Å². The highest BCUT2D eigenvalue weighted by Gasteiger charge is 2.33. The average molecular weight is 512 g/mol. The van der Waals surface area contributed by atoms with Crippen molar-refractivity contribution in [3.05, 3.63) is 168 Å². The van der Waals surface area contributed by atoms with Crippen molar-refractivity contribution in [3.8, 4) is 22.3 Å². The lowest BCUT2D eigenvalue weighted by atomic mass is 9.95. The van der Waals surface area contributed by atoms with E-state index in [1.54, 1.807) is 0 Å². The number of furan rings is 1. The fourth-order valence-electron chi connectivity index (χ4n) is 6.06. The second-order valence-corrected chi connectivity index (χ2v) is 10.3. The fourth-order valence-corrected chi connectivity index (χ4v) is 6.06. The van der Waals surface area contributed by atoms with Crippen molar-refractivity contribution >= 4 is 27.4 Å². The normalized spacial score (nSPS) is 14.4. The topological polar surface area (TPSA) is 26.0 Å². The summed E-state index contributed by atoms with van der Waals surface area (Å²) in [4.78, 5) is 5.20. The summed E-state index contributed by atoms with van der Waals surface area (Å²) in [7, 11) is 0. The van der Waals surface area contributed by atoms with Crippen molar-refractivity contribution in [3.63, 3.8) is 0 Å². The summed E-state index contributed by atoms with van der Waals surface area (Å²) in [5.41, 5.74) is 11.2. The molecule has 0 saturated heterocycles. The number of allylic oxidation sites excluding steroid dienone is 1. The quantitative estimate of drug-likeness (QED) is 0.235. The average Bonchev–Trinajstić information content (AvgIpc) is 3.59. The molecule has 0 aliphatic heterocycles. The molecular formula is C38H25NO. The maximum Gasteiger partial charge on any atom is 0.134 e. The van der Waals surface area contributed by atoms with Crippen LogP contribution in [0.4, 0.5) is 0 Å². The number of hydrogen-bond acceptors (Lipinski definition) is 2. The van der Waals surface area contributed by atoms with Crippen LogP contribution >= 0.6 is 0 Å². The highest BCUT2D eigenvalue weighted by atomic mass is 16.3. The Bertz CT molecular complexity index is 2050. The van der Waals surface area contributed by atoms with Gasteiger partial charge in [0.1, 0.15) is 11.3 Å². The van der Waals surface area contributed by atoms with Crippen LogP contribution in [-0.4, -0.2) is 4.98 Å². The highest BCUT2D eigenvalue weighted by molar-refractivity contribution is 6.01. The first kappa shape index (κ1) is 22.7. The summed E-state index contributed by atoms with van der Waals surface area (Å²) < 4.78 is 6.61. The minimum atomic E-state index is -0.0927. The van der Waals surface area contributed by atoms with Crippen LogP contribution in [0, 0.1) is 0 Å². The van der Waals surface area contributed by atoms with Crippen molar-refractivity contribution in [1.29, 1.82) is 0 Å². The number of benzene rings is 5. The Morgan fingerprint density at radius 2 is 1.18 bits per heavy atom.